The summed E-state index contributed by atoms with van der Waals surface area (Å²) < 4.78 is 2.21. The molecule has 3 rings (SSSR count). The quantitative estimate of drug-likeness (QED) is 0.591. The lowest BCUT2D eigenvalue weighted by molar-refractivity contribution is 0.866. The van der Waals surface area contributed by atoms with Crippen molar-refractivity contribution in [2.24, 2.45) is 5.73 Å². The van der Waals surface area contributed by atoms with E-state index >= 15 is 0 Å². The van der Waals surface area contributed by atoms with Gasteiger partial charge in [0.2, 0.25) is 0 Å². The summed E-state index contributed by atoms with van der Waals surface area (Å²) >= 11 is 5.88. The maximum Gasteiger partial charge on any atom is 0.0705 e. The number of hydrogen-bond acceptors (Lipinski definition) is 2. The normalized spacial score (nSPS) is 12.6. The third-order valence-corrected chi connectivity index (χ3v) is 4.68. The van der Waals surface area contributed by atoms with Gasteiger partial charge in [-0.05, 0) is 64.0 Å². The Kier molecular flexibility index (Phi) is 4.05. The largest absolute Gasteiger partial charge is 0.320 e. The van der Waals surface area contributed by atoms with Crippen molar-refractivity contribution in [1.82, 2.24) is 4.98 Å². The van der Waals surface area contributed by atoms with Crippen LogP contribution in [0.1, 0.15) is 17.2 Å². The smallest absolute Gasteiger partial charge is 0.0705 e. The number of pyridine rings is 1. The standard InChI is InChI=1S/C16H12BrIN2/c17-14-6-5-12(18)9-13(14)16(19)11-4-3-10-2-1-7-20-15(10)8-11/h1-9,16H,19H2. The van der Waals surface area contributed by atoms with E-state index < -0.39 is 0 Å². The lowest BCUT2D eigenvalue weighted by atomic mass is 9.98. The first-order valence-electron chi connectivity index (χ1n) is 6.20. The average Bonchev–Trinajstić information content (AvgIpc) is 2.48. The molecule has 2 aromatic carbocycles. The highest BCUT2D eigenvalue weighted by Crippen LogP contribution is 2.29. The number of aromatic nitrogens is 1. The fourth-order valence-corrected chi connectivity index (χ4v) is 3.22. The second-order valence-corrected chi connectivity index (χ2v) is 6.70. The van der Waals surface area contributed by atoms with E-state index in [0.29, 0.717) is 0 Å². The summed E-state index contributed by atoms with van der Waals surface area (Å²) in [5.74, 6) is 0. The molecule has 1 aromatic heterocycles. The zero-order valence-corrected chi connectivity index (χ0v) is 14.3. The highest BCUT2D eigenvalue weighted by molar-refractivity contribution is 14.1. The number of benzene rings is 2. The number of rotatable bonds is 2. The monoisotopic (exact) mass is 438 g/mol. The first-order chi connectivity index (χ1) is 9.65. The predicted octanol–water partition coefficient (Wildman–Crippen LogP) is 4.65. The Morgan fingerprint density at radius 3 is 2.80 bits per heavy atom. The summed E-state index contributed by atoms with van der Waals surface area (Å²) in [5.41, 5.74) is 9.55. The van der Waals surface area contributed by atoms with Crippen molar-refractivity contribution in [3.63, 3.8) is 0 Å². The topological polar surface area (TPSA) is 38.9 Å². The zero-order valence-electron chi connectivity index (χ0n) is 10.6. The van der Waals surface area contributed by atoms with E-state index in [0.717, 1.165) is 26.5 Å². The van der Waals surface area contributed by atoms with Crippen molar-refractivity contribution in [3.8, 4) is 0 Å². The van der Waals surface area contributed by atoms with Crippen LogP contribution in [0.5, 0.6) is 0 Å². The molecule has 1 heterocycles. The van der Waals surface area contributed by atoms with Gasteiger partial charge in [-0.3, -0.25) is 4.98 Å². The second kappa shape index (κ2) is 5.79. The molecule has 2 nitrogen and oxygen atoms in total. The average molecular weight is 439 g/mol. The maximum atomic E-state index is 6.42. The maximum absolute atomic E-state index is 6.42. The Bertz CT molecular complexity index is 773. The molecular formula is C16H12BrIN2. The minimum Gasteiger partial charge on any atom is -0.320 e. The summed E-state index contributed by atoms with van der Waals surface area (Å²) in [5, 5.41) is 1.13. The molecule has 100 valence electrons. The summed E-state index contributed by atoms with van der Waals surface area (Å²) in [7, 11) is 0. The summed E-state index contributed by atoms with van der Waals surface area (Å²) in [6.07, 6.45) is 1.80. The third kappa shape index (κ3) is 2.73. The Morgan fingerprint density at radius 1 is 1.10 bits per heavy atom. The Labute approximate surface area is 139 Å². The number of nitrogens with zero attached hydrogens (tertiary/aromatic N) is 1. The zero-order chi connectivity index (χ0) is 14.1. The molecule has 0 bridgehead atoms. The molecule has 0 radical (unpaired) electrons. The molecule has 20 heavy (non-hydrogen) atoms. The van der Waals surface area contributed by atoms with E-state index in [-0.39, 0.29) is 6.04 Å². The van der Waals surface area contributed by atoms with Crippen molar-refractivity contribution in [2.75, 3.05) is 0 Å². The van der Waals surface area contributed by atoms with Gasteiger partial charge >= 0.3 is 0 Å². The number of nitrogens with two attached hydrogens (primary N) is 1. The fraction of sp³-hybridized carbons (Fsp3) is 0.0625. The number of halogens is 2. The molecule has 0 aliphatic heterocycles. The molecule has 2 N–H and O–H groups in total. The Balaban J connectivity index is 2.07. The van der Waals surface area contributed by atoms with Crippen LogP contribution in [0.4, 0.5) is 0 Å². The molecule has 0 aliphatic carbocycles. The van der Waals surface area contributed by atoms with Crippen LogP contribution in [0.2, 0.25) is 0 Å². The SMILES string of the molecule is NC(c1ccc2cccnc2c1)c1cc(I)ccc1Br. The minimum absolute atomic E-state index is 0.162. The molecule has 0 amide bonds. The van der Waals surface area contributed by atoms with Crippen LogP contribution in [0.3, 0.4) is 0 Å². The first-order valence-corrected chi connectivity index (χ1v) is 8.07. The molecule has 0 spiro atoms. The molecule has 4 heteroatoms. The van der Waals surface area contributed by atoms with E-state index in [4.69, 9.17) is 5.73 Å². The number of hydrogen-bond donors (Lipinski definition) is 1. The highest BCUT2D eigenvalue weighted by atomic mass is 127. The molecule has 0 aliphatic rings. The second-order valence-electron chi connectivity index (χ2n) is 4.60. The van der Waals surface area contributed by atoms with Crippen molar-refractivity contribution < 1.29 is 0 Å². The molecule has 1 atom stereocenters. The van der Waals surface area contributed by atoms with Crippen LogP contribution in [-0.4, -0.2) is 4.98 Å². The Hall–Kier alpha value is -0.980. The van der Waals surface area contributed by atoms with E-state index in [2.05, 4.69) is 79.9 Å². The van der Waals surface area contributed by atoms with Gasteiger partial charge in [-0.15, -0.1) is 0 Å². The molecule has 1 unspecified atom stereocenters. The van der Waals surface area contributed by atoms with E-state index in [9.17, 15) is 0 Å². The van der Waals surface area contributed by atoms with Crippen molar-refractivity contribution in [1.29, 1.82) is 0 Å². The third-order valence-electron chi connectivity index (χ3n) is 3.28. The van der Waals surface area contributed by atoms with Crippen molar-refractivity contribution >= 4 is 49.4 Å². The van der Waals surface area contributed by atoms with Gasteiger partial charge in [-0.1, -0.05) is 34.1 Å². The Morgan fingerprint density at radius 2 is 1.95 bits per heavy atom. The molecule has 3 aromatic rings. The van der Waals surface area contributed by atoms with Crippen molar-refractivity contribution in [2.45, 2.75) is 6.04 Å². The lowest BCUT2D eigenvalue weighted by Gasteiger charge is -2.15. The minimum atomic E-state index is -0.162. The van der Waals surface area contributed by atoms with Gasteiger partial charge in [-0.2, -0.15) is 0 Å². The van der Waals surface area contributed by atoms with Crippen LogP contribution >= 0.6 is 38.5 Å². The molecular weight excluding hydrogens is 427 g/mol. The summed E-state index contributed by atoms with van der Waals surface area (Å²) in [6, 6.07) is 16.2. The van der Waals surface area contributed by atoms with Gasteiger partial charge in [0.15, 0.2) is 0 Å². The lowest BCUT2D eigenvalue weighted by Crippen LogP contribution is -2.12. The fourth-order valence-electron chi connectivity index (χ4n) is 2.21. The summed E-state index contributed by atoms with van der Waals surface area (Å²) in [6.45, 7) is 0. The molecule has 0 saturated heterocycles. The highest BCUT2D eigenvalue weighted by Gasteiger charge is 2.13. The van der Waals surface area contributed by atoms with Gasteiger partial charge in [0.1, 0.15) is 0 Å². The molecule has 0 fully saturated rings. The van der Waals surface area contributed by atoms with Crippen LogP contribution in [-0.2, 0) is 0 Å². The molecule has 0 saturated carbocycles. The number of fused-ring (bicyclic) bond motifs is 1. The summed E-state index contributed by atoms with van der Waals surface area (Å²) in [4.78, 5) is 4.39. The van der Waals surface area contributed by atoms with Crippen molar-refractivity contribution in [3.05, 3.63) is 73.9 Å². The van der Waals surface area contributed by atoms with Gasteiger partial charge in [0.25, 0.3) is 0 Å². The van der Waals surface area contributed by atoms with Crippen LogP contribution in [0.25, 0.3) is 10.9 Å². The van der Waals surface area contributed by atoms with E-state index in [1.807, 2.05) is 12.1 Å². The predicted molar refractivity (Wildman–Crippen MR) is 94.6 cm³/mol. The van der Waals surface area contributed by atoms with Crippen LogP contribution < -0.4 is 5.73 Å². The van der Waals surface area contributed by atoms with Gasteiger partial charge in [0.05, 0.1) is 11.6 Å². The van der Waals surface area contributed by atoms with Gasteiger partial charge in [-0.25, -0.2) is 0 Å². The van der Waals surface area contributed by atoms with E-state index in [1.165, 1.54) is 3.57 Å². The first kappa shape index (κ1) is 14.0. The van der Waals surface area contributed by atoms with E-state index in [1.54, 1.807) is 6.20 Å². The van der Waals surface area contributed by atoms with Gasteiger partial charge in [0, 0.05) is 19.6 Å². The van der Waals surface area contributed by atoms with Crippen LogP contribution in [0.15, 0.2) is 59.2 Å². The van der Waals surface area contributed by atoms with Gasteiger partial charge < -0.3 is 5.73 Å². The van der Waals surface area contributed by atoms with Crippen LogP contribution in [0, 0.1) is 3.57 Å².